The van der Waals surface area contributed by atoms with Crippen LogP contribution in [0.25, 0.3) is 0 Å². The molecule has 0 heterocycles. The number of carboxylic acid groups (broad SMARTS) is 2. The maximum atomic E-state index is 11.8. The zero-order chi connectivity index (χ0) is 14.6. The fourth-order valence-corrected chi connectivity index (χ4v) is 1.83. The van der Waals surface area contributed by atoms with Crippen molar-refractivity contribution in [3.63, 3.8) is 0 Å². The van der Waals surface area contributed by atoms with Crippen LogP contribution in [-0.4, -0.2) is 34.1 Å². The smallest absolute Gasteiger partial charge is 0.326 e. The van der Waals surface area contributed by atoms with Crippen LogP contribution in [0.15, 0.2) is 18.2 Å². The van der Waals surface area contributed by atoms with Gasteiger partial charge < -0.3 is 15.5 Å². The molecule has 3 N–H and O–H groups in total. The molecule has 1 aromatic rings. The standard InChI is InChI=1S/C11H9Cl2NO5/c12-6-1-5(2-7(13)3-6)10(17)14-8(11(18)19)4-9(15)16/h1-3,8H,4H2,(H,14,17)(H,15,16)(H,18,19)/t8-/m1/s1. The van der Waals surface area contributed by atoms with Gasteiger partial charge in [-0.2, -0.15) is 0 Å². The van der Waals surface area contributed by atoms with E-state index < -0.39 is 30.3 Å². The number of hydrogen-bond acceptors (Lipinski definition) is 3. The Morgan fingerprint density at radius 3 is 2.05 bits per heavy atom. The minimum Gasteiger partial charge on any atom is -0.481 e. The van der Waals surface area contributed by atoms with Gasteiger partial charge in [0, 0.05) is 15.6 Å². The summed E-state index contributed by atoms with van der Waals surface area (Å²) < 4.78 is 0. The lowest BCUT2D eigenvalue weighted by atomic mass is 10.1. The lowest BCUT2D eigenvalue weighted by Gasteiger charge is -2.12. The fourth-order valence-electron chi connectivity index (χ4n) is 1.30. The number of benzene rings is 1. The summed E-state index contributed by atoms with van der Waals surface area (Å²) in [4.78, 5) is 33.0. The lowest BCUT2D eigenvalue weighted by Crippen LogP contribution is -2.42. The Morgan fingerprint density at radius 2 is 1.63 bits per heavy atom. The SMILES string of the molecule is O=C(O)C[C@@H](NC(=O)c1cc(Cl)cc(Cl)c1)C(=O)O. The molecular formula is C11H9Cl2NO5. The highest BCUT2D eigenvalue weighted by Crippen LogP contribution is 2.19. The molecule has 8 heteroatoms. The molecule has 1 amide bonds. The molecular weight excluding hydrogens is 297 g/mol. The molecule has 0 radical (unpaired) electrons. The molecule has 102 valence electrons. The van der Waals surface area contributed by atoms with Crippen LogP contribution in [0.4, 0.5) is 0 Å². The van der Waals surface area contributed by atoms with Gasteiger partial charge in [-0.15, -0.1) is 0 Å². The zero-order valence-electron chi connectivity index (χ0n) is 9.39. The maximum absolute atomic E-state index is 11.8. The maximum Gasteiger partial charge on any atom is 0.326 e. The van der Waals surface area contributed by atoms with Gasteiger partial charge in [0.25, 0.3) is 5.91 Å². The zero-order valence-corrected chi connectivity index (χ0v) is 10.9. The van der Waals surface area contributed by atoms with Gasteiger partial charge in [0.05, 0.1) is 6.42 Å². The first kappa shape index (κ1) is 15.3. The molecule has 0 fully saturated rings. The van der Waals surface area contributed by atoms with Crippen molar-refractivity contribution in [2.24, 2.45) is 0 Å². The van der Waals surface area contributed by atoms with E-state index in [0.717, 1.165) is 0 Å². The fraction of sp³-hybridized carbons (Fsp3) is 0.182. The van der Waals surface area contributed by atoms with Crippen LogP contribution in [0.1, 0.15) is 16.8 Å². The number of rotatable bonds is 5. The third-order valence-corrected chi connectivity index (χ3v) is 2.54. The van der Waals surface area contributed by atoms with E-state index in [2.05, 4.69) is 5.32 Å². The highest BCUT2D eigenvalue weighted by atomic mass is 35.5. The quantitative estimate of drug-likeness (QED) is 0.767. The monoisotopic (exact) mass is 305 g/mol. The molecule has 0 unspecified atom stereocenters. The van der Waals surface area contributed by atoms with Crippen molar-refractivity contribution in [3.8, 4) is 0 Å². The summed E-state index contributed by atoms with van der Waals surface area (Å²) >= 11 is 11.4. The third kappa shape index (κ3) is 4.76. The lowest BCUT2D eigenvalue weighted by molar-refractivity contribution is -0.145. The first-order valence-corrected chi connectivity index (χ1v) is 5.76. The normalized spacial score (nSPS) is 11.7. The van der Waals surface area contributed by atoms with E-state index in [-0.39, 0.29) is 15.6 Å². The number of amides is 1. The van der Waals surface area contributed by atoms with Crippen LogP contribution < -0.4 is 5.32 Å². The second kappa shape index (κ2) is 6.40. The molecule has 0 aromatic heterocycles. The van der Waals surface area contributed by atoms with Crippen molar-refractivity contribution in [3.05, 3.63) is 33.8 Å². The van der Waals surface area contributed by atoms with Crippen molar-refractivity contribution >= 4 is 41.0 Å². The van der Waals surface area contributed by atoms with Crippen molar-refractivity contribution in [1.29, 1.82) is 0 Å². The topological polar surface area (TPSA) is 104 Å². The summed E-state index contributed by atoms with van der Waals surface area (Å²) in [5.74, 6) is -3.54. The van der Waals surface area contributed by atoms with E-state index in [1.54, 1.807) is 0 Å². The summed E-state index contributed by atoms with van der Waals surface area (Å²) in [5, 5.41) is 19.8. The van der Waals surface area contributed by atoms with Crippen LogP contribution in [0.5, 0.6) is 0 Å². The molecule has 19 heavy (non-hydrogen) atoms. The Bertz CT molecular complexity index is 512. The molecule has 0 aliphatic heterocycles. The number of carbonyl (C=O) groups is 3. The molecule has 0 saturated heterocycles. The van der Waals surface area contributed by atoms with Gasteiger partial charge in [0.2, 0.25) is 0 Å². The summed E-state index contributed by atoms with van der Waals surface area (Å²) in [7, 11) is 0. The number of hydrogen-bond donors (Lipinski definition) is 3. The molecule has 0 bridgehead atoms. The minimum absolute atomic E-state index is 0.0501. The van der Waals surface area contributed by atoms with Crippen LogP contribution in [0.3, 0.4) is 0 Å². The summed E-state index contributed by atoms with van der Waals surface area (Å²) in [5.41, 5.74) is 0.0501. The van der Waals surface area contributed by atoms with Gasteiger partial charge >= 0.3 is 11.9 Å². The predicted molar refractivity (Wildman–Crippen MR) is 67.6 cm³/mol. The molecule has 0 aliphatic carbocycles. The molecule has 0 aliphatic rings. The summed E-state index contributed by atoms with van der Waals surface area (Å²) in [6.07, 6.45) is -0.727. The van der Waals surface area contributed by atoms with E-state index in [9.17, 15) is 14.4 Å². The van der Waals surface area contributed by atoms with Gasteiger partial charge in [0.1, 0.15) is 6.04 Å². The molecule has 1 atom stereocenters. The molecule has 6 nitrogen and oxygen atoms in total. The summed E-state index contributed by atoms with van der Waals surface area (Å²) in [6, 6.07) is 2.47. The Kier molecular flexibility index (Phi) is 5.14. The van der Waals surface area contributed by atoms with Crippen molar-refractivity contribution in [2.75, 3.05) is 0 Å². The molecule has 1 rings (SSSR count). The van der Waals surface area contributed by atoms with E-state index in [0.29, 0.717) is 0 Å². The Morgan fingerprint density at radius 1 is 1.11 bits per heavy atom. The average Bonchev–Trinajstić information content (AvgIpc) is 2.25. The van der Waals surface area contributed by atoms with Crippen molar-refractivity contribution in [1.82, 2.24) is 5.32 Å². The van der Waals surface area contributed by atoms with Crippen molar-refractivity contribution in [2.45, 2.75) is 12.5 Å². The average molecular weight is 306 g/mol. The highest BCUT2D eigenvalue weighted by molar-refractivity contribution is 6.35. The highest BCUT2D eigenvalue weighted by Gasteiger charge is 2.23. The van der Waals surface area contributed by atoms with Crippen LogP contribution in [0, 0.1) is 0 Å². The molecule has 0 spiro atoms. The van der Waals surface area contributed by atoms with Gasteiger partial charge in [-0.05, 0) is 18.2 Å². The second-order valence-electron chi connectivity index (χ2n) is 3.62. The Hall–Kier alpha value is -1.79. The second-order valence-corrected chi connectivity index (χ2v) is 4.49. The largest absolute Gasteiger partial charge is 0.481 e. The van der Waals surface area contributed by atoms with E-state index >= 15 is 0 Å². The first-order chi connectivity index (χ1) is 8.79. The van der Waals surface area contributed by atoms with E-state index in [4.69, 9.17) is 33.4 Å². The molecule has 1 aromatic carbocycles. The number of carboxylic acids is 2. The van der Waals surface area contributed by atoms with Crippen LogP contribution in [0.2, 0.25) is 10.0 Å². The first-order valence-electron chi connectivity index (χ1n) is 5.01. The van der Waals surface area contributed by atoms with Crippen LogP contribution >= 0.6 is 23.2 Å². The van der Waals surface area contributed by atoms with Crippen molar-refractivity contribution < 1.29 is 24.6 Å². The third-order valence-electron chi connectivity index (χ3n) is 2.11. The van der Waals surface area contributed by atoms with Gasteiger partial charge in [0.15, 0.2) is 0 Å². The number of aliphatic carboxylic acids is 2. The Labute approximate surface area is 117 Å². The number of halogens is 2. The summed E-state index contributed by atoms with van der Waals surface area (Å²) in [6.45, 7) is 0. The minimum atomic E-state index is -1.53. The van der Waals surface area contributed by atoms with Gasteiger partial charge in [-0.25, -0.2) is 4.79 Å². The van der Waals surface area contributed by atoms with E-state index in [1.807, 2.05) is 0 Å². The molecule has 0 saturated carbocycles. The van der Waals surface area contributed by atoms with Gasteiger partial charge in [-0.1, -0.05) is 23.2 Å². The van der Waals surface area contributed by atoms with E-state index in [1.165, 1.54) is 18.2 Å². The number of carbonyl (C=O) groups excluding carboxylic acids is 1. The number of nitrogens with one attached hydrogen (secondary N) is 1. The van der Waals surface area contributed by atoms with Gasteiger partial charge in [-0.3, -0.25) is 9.59 Å². The Balaban J connectivity index is 2.87. The predicted octanol–water partition coefficient (Wildman–Crippen LogP) is 1.65. The van der Waals surface area contributed by atoms with Crippen LogP contribution in [-0.2, 0) is 9.59 Å².